The second-order valence-corrected chi connectivity index (χ2v) is 4.07. The zero-order chi connectivity index (χ0) is 13.7. The molecule has 0 aliphatic carbocycles. The van der Waals surface area contributed by atoms with Crippen molar-refractivity contribution in [2.24, 2.45) is 0 Å². The molecular weight excluding hydrogens is 242 g/mol. The SMILES string of the molecule is COc1ccc(CNc2cccc(C(=O)[O-])c2)cc1. The maximum Gasteiger partial charge on any atom is 0.118 e. The van der Waals surface area contributed by atoms with Crippen LogP contribution in [0.15, 0.2) is 48.5 Å². The normalized spacial score (nSPS) is 9.95. The van der Waals surface area contributed by atoms with Crippen LogP contribution in [-0.2, 0) is 6.54 Å². The molecule has 0 atom stereocenters. The number of nitrogens with one attached hydrogen (secondary N) is 1. The molecule has 4 heteroatoms. The Kier molecular flexibility index (Phi) is 4.03. The molecule has 0 bridgehead atoms. The van der Waals surface area contributed by atoms with Crippen molar-refractivity contribution >= 4 is 11.7 Å². The molecule has 4 nitrogen and oxygen atoms in total. The minimum Gasteiger partial charge on any atom is -0.545 e. The van der Waals surface area contributed by atoms with E-state index in [1.54, 1.807) is 19.2 Å². The van der Waals surface area contributed by atoms with Gasteiger partial charge in [-0.15, -0.1) is 0 Å². The number of ether oxygens (including phenoxy) is 1. The molecule has 2 aromatic rings. The average molecular weight is 256 g/mol. The van der Waals surface area contributed by atoms with Gasteiger partial charge in [0.15, 0.2) is 0 Å². The van der Waals surface area contributed by atoms with E-state index in [1.165, 1.54) is 6.07 Å². The first-order chi connectivity index (χ1) is 9.19. The largest absolute Gasteiger partial charge is 0.545 e. The summed E-state index contributed by atoms with van der Waals surface area (Å²) < 4.78 is 5.08. The van der Waals surface area contributed by atoms with E-state index in [9.17, 15) is 9.90 Å². The molecule has 0 aromatic heterocycles. The smallest absolute Gasteiger partial charge is 0.118 e. The Morgan fingerprint density at radius 3 is 2.58 bits per heavy atom. The molecule has 0 aliphatic heterocycles. The minimum absolute atomic E-state index is 0.166. The van der Waals surface area contributed by atoms with Gasteiger partial charge in [-0.3, -0.25) is 0 Å². The maximum atomic E-state index is 10.7. The Bertz CT molecular complexity index is 564. The molecule has 0 saturated heterocycles. The summed E-state index contributed by atoms with van der Waals surface area (Å²) in [6.45, 7) is 0.612. The molecule has 2 aromatic carbocycles. The number of carboxylic acids is 1. The van der Waals surface area contributed by atoms with Crippen molar-refractivity contribution in [2.45, 2.75) is 6.54 Å². The van der Waals surface area contributed by atoms with Crippen LogP contribution < -0.4 is 15.2 Å². The standard InChI is InChI=1S/C15H15NO3/c1-19-14-7-5-11(6-8-14)10-16-13-4-2-3-12(9-13)15(17)18/h2-9,16H,10H2,1H3,(H,17,18)/p-1. The fraction of sp³-hybridized carbons (Fsp3) is 0.133. The molecular formula is C15H14NO3-. The van der Waals surface area contributed by atoms with Gasteiger partial charge in [0.05, 0.1) is 13.1 Å². The first kappa shape index (κ1) is 13.0. The molecule has 1 N–H and O–H groups in total. The zero-order valence-electron chi connectivity index (χ0n) is 10.6. The highest BCUT2D eigenvalue weighted by molar-refractivity contribution is 5.87. The van der Waals surface area contributed by atoms with Crippen LogP contribution in [0.1, 0.15) is 15.9 Å². The molecule has 0 unspecified atom stereocenters. The van der Waals surface area contributed by atoms with Gasteiger partial charge < -0.3 is 20.0 Å². The third kappa shape index (κ3) is 3.48. The summed E-state index contributed by atoms with van der Waals surface area (Å²) in [5.41, 5.74) is 2.00. The molecule has 98 valence electrons. The van der Waals surface area contributed by atoms with Gasteiger partial charge in [-0.05, 0) is 35.4 Å². The molecule has 0 spiro atoms. The van der Waals surface area contributed by atoms with Gasteiger partial charge in [-0.1, -0.05) is 24.3 Å². The number of anilines is 1. The van der Waals surface area contributed by atoms with Gasteiger partial charge >= 0.3 is 0 Å². The summed E-state index contributed by atoms with van der Waals surface area (Å²) in [7, 11) is 1.62. The number of benzene rings is 2. The van der Waals surface area contributed by atoms with E-state index in [4.69, 9.17) is 4.74 Å². The van der Waals surface area contributed by atoms with Gasteiger partial charge in [0.25, 0.3) is 0 Å². The number of carbonyl (C=O) groups excluding carboxylic acids is 1. The predicted octanol–water partition coefficient (Wildman–Crippen LogP) is 1.67. The van der Waals surface area contributed by atoms with Crippen molar-refractivity contribution < 1.29 is 14.6 Å². The highest BCUT2D eigenvalue weighted by Crippen LogP contribution is 2.14. The van der Waals surface area contributed by atoms with Crippen LogP contribution in [0.2, 0.25) is 0 Å². The van der Waals surface area contributed by atoms with E-state index < -0.39 is 5.97 Å². The molecule has 0 saturated carbocycles. The molecule has 19 heavy (non-hydrogen) atoms. The minimum atomic E-state index is -1.17. The monoisotopic (exact) mass is 256 g/mol. The van der Waals surface area contributed by atoms with E-state index in [1.807, 2.05) is 30.3 Å². The van der Waals surface area contributed by atoms with Crippen molar-refractivity contribution in [3.05, 3.63) is 59.7 Å². The number of rotatable bonds is 5. The van der Waals surface area contributed by atoms with Crippen LogP contribution in [0.25, 0.3) is 0 Å². The van der Waals surface area contributed by atoms with E-state index in [2.05, 4.69) is 5.32 Å². The summed E-state index contributed by atoms with van der Waals surface area (Å²) in [5.74, 6) is -0.365. The second kappa shape index (κ2) is 5.91. The van der Waals surface area contributed by atoms with Gasteiger partial charge in [0.2, 0.25) is 0 Å². The lowest BCUT2D eigenvalue weighted by Crippen LogP contribution is -2.22. The fourth-order valence-electron chi connectivity index (χ4n) is 1.70. The summed E-state index contributed by atoms with van der Waals surface area (Å²) in [6.07, 6.45) is 0. The highest BCUT2D eigenvalue weighted by Gasteiger charge is 1.98. The van der Waals surface area contributed by atoms with Crippen molar-refractivity contribution in [1.82, 2.24) is 0 Å². The fourth-order valence-corrected chi connectivity index (χ4v) is 1.70. The Morgan fingerprint density at radius 2 is 1.95 bits per heavy atom. The number of methoxy groups -OCH3 is 1. The van der Waals surface area contributed by atoms with Crippen LogP contribution in [0.3, 0.4) is 0 Å². The summed E-state index contributed by atoms with van der Waals surface area (Å²) in [4.78, 5) is 10.7. The molecule has 0 aliphatic rings. The zero-order valence-corrected chi connectivity index (χ0v) is 10.6. The number of carboxylic acid groups (broad SMARTS) is 1. The van der Waals surface area contributed by atoms with Gasteiger partial charge in [0, 0.05) is 12.2 Å². The predicted molar refractivity (Wildman–Crippen MR) is 71.1 cm³/mol. The molecule has 0 fully saturated rings. The van der Waals surface area contributed by atoms with Crippen LogP contribution in [-0.4, -0.2) is 13.1 Å². The maximum absolute atomic E-state index is 10.7. The average Bonchev–Trinajstić information content (AvgIpc) is 2.46. The first-order valence-corrected chi connectivity index (χ1v) is 5.87. The lowest BCUT2D eigenvalue weighted by Gasteiger charge is -2.09. The lowest BCUT2D eigenvalue weighted by atomic mass is 10.2. The van der Waals surface area contributed by atoms with Gasteiger partial charge in [-0.25, -0.2) is 0 Å². The quantitative estimate of drug-likeness (QED) is 0.884. The van der Waals surface area contributed by atoms with E-state index in [0.717, 1.165) is 17.0 Å². The van der Waals surface area contributed by atoms with Crippen LogP contribution in [0.4, 0.5) is 5.69 Å². The summed E-state index contributed by atoms with van der Waals surface area (Å²) in [5, 5.41) is 13.9. The molecule has 0 heterocycles. The topological polar surface area (TPSA) is 61.4 Å². The highest BCUT2D eigenvalue weighted by atomic mass is 16.5. The molecule has 2 rings (SSSR count). The third-order valence-electron chi connectivity index (χ3n) is 2.75. The van der Waals surface area contributed by atoms with E-state index in [0.29, 0.717) is 6.54 Å². The van der Waals surface area contributed by atoms with Crippen molar-refractivity contribution in [3.63, 3.8) is 0 Å². The van der Waals surface area contributed by atoms with Crippen molar-refractivity contribution in [1.29, 1.82) is 0 Å². The van der Waals surface area contributed by atoms with Crippen LogP contribution in [0, 0.1) is 0 Å². The Balaban J connectivity index is 2.01. The Morgan fingerprint density at radius 1 is 1.21 bits per heavy atom. The lowest BCUT2D eigenvalue weighted by molar-refractivity contribution is -0.255. The number of carbonyl (C=O) groups is 1. The summed E-state index contributed by atoms with van der Waals surface area (Å²) >= 11 is 0. The van der Waals surface area contributed by atoms with Crippen molar-refractivity contribution in [2.75, 3.05) is 12.4 Å². The first-order valence-electron chi connectivity index (χ1n) is 5.87. The molecule has 0 amide bonds. The van der Waals surface area contributed by atoms with E-state index >= 15 is 0 Å². The van der Waals surface area contributed by atoms with Gasteiger partial charge in [-0.2, -0.15) is 0 Å². The van der Waals surface area contributed by atoms with Crippen LogP contribution >= 0.6 is 0 Å². The Hall–Kier alpha value is -2.49. The third-order valence-corrected chi connectivity index (χ3v) is 2.75. The number of aromatic carboxylic acids is 1. The number of hydrogen-bond donors (Lipinski definition) is 1. The van der Waals surface area contributed by atoms with Gasteiger partial charge in [0.1, 0.15) is 5.75 Å². The van der Waals surface area contributed by atoms with Crippen molar-refractivity contribution in [3.8, 4) is 5.75 Å². The van der Waals surface area contributed by atoms with Crippen LogP contribution in [0.5, 0.6) is 5.75 Å². The Labute approximate surface area is 111 Å². The molecule has 0 radical (unpaired) electrons. The summed E-state index contributed by atoms with van der Waals surface area (Å²) in [6, 6.07) is 14.2. The number of hydrogen-bond acceptors (Lipinski definition) is 4. The second-order valence-electron chi connectivity index (χ2n) is 4.07. The van der Waals surface area contributed by atoms with E-state index in [-0.39, 0.29) is 5.56 Å².